The zero-order chi connectivity index (χ0) is 11.5. The molecule has 1 fully saturated rings. The fraction of sp³-hybridized carbons (Fsp3) is 0.750. The second kappa shape index (κ2) is 6.38. The molecule has 2 atom stereocenters. The van der Waals surface area contributed by atoms with Crippen LogP contribution >= 0.6 is 12.4 Å². The molecule has 98 valence electrons. The van der Waals surface area contributed by atoms with Crippen LogP contribution in [0.15, 0.2) is 12.4 Å². The molecule has 1 saturated heterocycles. The Hall–Kier alpha value is -0.580. The van der Waals surface area contributed by atoms with Gasteiger partial charge in [-0.1, -0.05) is 6.92 Å². The van der Waals surface area contributed by atoms with Gasteiger partial charge < -0.3 is 10.3 Å². The van der Waals surface area contributed by atoms with Crippen LogP contribution < -0.4 is 5.73 Å². The van der Waals surface area contributed by atoms with Crippen LogP contribution in [-0.2, 0) is 13.6 Å². The van der Waals surface area contributed by atoms with Gasteiger partial charge in [-0.15, -0.1) is 12.4 Å². The van der Waals surface area contributed by atoms with Crippen LogP contribution in [0, 0.1) is 5.92 Å². The number of hydrogen-bond acceptors (Lipinski definition) is 3. The first-order valence-electron chi connectivity index (χ1n) is 6.11. The van der Waals surface area contributed by atoms with E-state index in [1.165, 1.54) is 12.8 Å². The van der Waals surface area contributed by atoms with E-state index in [2.05, 4.69) is 21.4 Å². The SMILES string of the molecule is CC1CCN(Cc2nccn2C)C(CN)C1.Cl. The van der Waals surface area contributed by atoms with Gasteiger partial charge in [0, 0.05) is 32.0 Å². The van der Waals surface area contributed by atoms with Gasteiger partial charge in [0.1, 0.15) is 5.82 Å². The lowest BCUT2D eigenvalue weighted by atomic mass is 9.92. The van der Waals surface area contributed by atoms with Crippen molar-refractivity contribution >= 4 is 12.4 Å². The lowest BCUT2D eigenvalue weighted by Crippen LogP contribution is -2.46. The van der Waals surface area contributed by atoms with Gasteiger partial charge in [0.15, 0.2) is 0 Å². The molecule has 2 rings (SSSR count). The van der Waals surface area contributed by atoms with Gasteiger partial charge in [0.05, 0.1) is 6.54 Å². The predicted octanol–water partition coefficient (Wildman–Crippen LogP) is 1.40. The molecule has 0 bridgehead atoms. The van der Waals surface area contributed by atoms with Gasteiger partial charge in [0.2, 0.25) is 0 Å². The first kappa shape index (κ1) is 14.5. The first-order chi connectivity index (χ1) is 7.70. The minimum atomic E-state index is 0. The molecule has 5 heteroatoms. The van der Waals surface area contributed by atoms with Gasteiger partial charge in [0.25, 0.3) is 0 Å². The molecule has 2 N–H and O–H groups in total. The second-order valence-corrected chi connectivity index (χ2v) is 4.94. The summed E-state index contributed by atoms with van der Waals surface area (Å²) in [6.07, 6.45) is 6.36. The summed E-state index contributed by atoms with van der Waals surface area (Å²) >= 11 is 0. The van der Waals surface area contributed by atoms with Gasteiger partial charge >= 0.3 is 0 Å². The maximum absolute atomic E-state index is 5.85. The zero-order valence-corrected chi connectivity index (χ0v) is 11.5. The highest BCUT2D eigenvalue weighted by Crippen LogP contribution is 2.23. The summed E-state index contributed by atoms with van der Waals surface area (Å²) in [6.45, 7) is 5.16. The van der Waals surface area contributed by atoms with Crippen molar-refractivity contribution in [2.75, 3.05) is 13.1 Å². The number of aromatic nitrogens is 2. The van der Waals surface area contributed by atoms with Crippen molar-refractivity contribution in [3.05, 3.63) is 18.2 Å². The third-order valence-corrected chi connectivity index (χ3v) is 3.64. The van der Waals surface area contributed by atoms with Gasteiger partial charge in [-0.3, -0.25) is 4.90 Å². The van der Waals surface area contributed by atoms with E-state index in [9.17, 15) is 0 Å². The lowest BCUT2D eigenvalue weighted by molar-refractivity contribution is 0.111. The minimum absolute atomic E-state index is 0. The average Bonchev–Trinajstić information content (AvgIpc) is 2.67. The van der Waals surface area contributed by atoms with Gasteiger partial charge in [-0.25, -0.2) is 4.98 Å². The van der Waals surface area contributed by atoms with Crippen molar-refractivity contribution < 1.29 is 0 Å². The van der Waals surface area contributed by atoms with E-state index >= 15 is 0 Å². The predicted molar refractivity (Wildman–Crippen MR) is 72.1 cm³/mol. The number of hydrogen-bond donors (Lipinski definition) is 1. The fourth-order valence-corrected chi connectivity index (χ4v) is 2.48. The molecule has 1 aliphatic heterocycles. The van der Waals surface area contributed by atoms with E-state index in [1.54, 1.807) is 0 Å². The number of halogens is 1. The molecule has 0 spiro atoms. The minimum Gasteiger partial charge on any atom is -0.337 e. The standard InChI is InChI=1S/C12H22N4.ClH/c1-10-3-5-16(11(7-10)8-13)9-12-14-4-6-15(12)2;/h4,6,10-11H,3,5,7-9,13H2,1-2H3;1H. The van der Waals surface area contributed by atoms with Crippen LogP contribution in [0.25, 0.3) is 0 Å². The largest absolute Gasteiger partial charge is 0.337 e. The van der Waals surface area contributed by atoms with Crippen molar-refractivity contribution in [1.29, 1.82) is 0 Å². The zero-order valence-electron chi connectivity index (χ0n) is 10.7. The highest BCUT2D eigenvalue weighted by Gasteiger charge is 2.25. The molecule has 17 heavy (non-hydrogen) atoms. The highest BCUT2D eigenvalue weighted by molar-refractivity contribution is 5.85. The number of imidazole rings is 1. The third kappa shape index (κ3) is 3.44. The molecule has 0 saturated carbocycles. The number of nitrogens with two attached hydrogens (primary N) is 1. The van der Waals surface area contributed by atoms with E-state index in [0.29, 0.717) is 6.04 Å². The van der Waals surface area contributed by atoms with Crippen molar-refractivity contribution in [2.24, 2.45) is 18.7 Å². The average molecular weight is 259 g/mol. The Morgan fingerprint density at radius 1 is 1.53 bits per heavy atom. The normalized spacial score (nSPS) is 25.6. The topological polar surface area (TPSA) is 47.1 Å². The maximum atomic E-state index is 5.85. The molecule has 1 aromatic rings. The number of likely N-dealkylation sites (tertiary alicyclic amines) is 1. The first-order valence-corrected chi connectivity index (χ1v) is 6.11. The van der Waals surface area contributed by atoms with E-state index in [4.69, 9.17) is 5.73 Å². The van der Waals surface area contributed by atoms with Crippen molar-refractivity contribution in [3.63, 3.8) is 0 Å². The Morgan fingerprint density at radius 3 is 2.88 bits per heavy atom. The summed E-state index contributed by atoms with van der Waals surface area (Å²) in [6, 6.07) is 0.528. The van der Waals surface area contributed by atoms with Crippen LogP contribution in [0.3, 0.4) is 0 Å². The van der Waals surface area contributed by atoms with Gasteiger partial charge in [-0.05, 0) is 25.3 Å². The van der Waals surface area contributed by atoms with Crippen molar-refractivity contribution in [2.45, 2.75) is 32.4 Å². The number of rotatable bonds is 3. The quantitative estimate of drug-likeness (QED) is 0.892. The summed E-state index contributed by atoms with van der Waals surface area (Å²) < 4.78 is 2.09. The number of nitrogens with zero attached hydrogens (tertiary/aromatic N) is 3. The molecule has 0 amide bonds. The van der Waals surface area contributed by atoms with E-state index in [1.807, 2.05) is 19.4 Å². The molecule has 0 aliphatic carbocycles. The van der Waals surface area contributed by atoms with Crippen LogP contribution in [0.2, 0.25) is 0 Å². The van der Waals surface area contributed by atoms with E-state index in [-0.39, 0.29) is 12.4 Å². The Kier molecular flexibility index (Phi) is 5.43. The molecule has 2 heterocycles. The molecule has 2 unspecified atom stereocenters. The molecule has 1 aromatic heterocycles. The fourth-order valence-electron chi connectivity index (χ4n) is 2.48. The maximum Gasteiger partial charge on any atom is 0.122 e. The molecule has 0 radical (unpaired) electrons. The van der Waals surface area contributed by atoms with E-state index < -0.39 is 0 Å². The molecule has 0 aromatic carbocycles. The van der Waals surface area contributed by atoms with E-state index in [0.717, 1.165) is 31.4 Å². The molecule has 1 aliphatic rings. The highest BCUT2D eigenvalue weighted by atomic mass is 35.5. The lowest BCUT2D eigenvalue weighted by Gasteiger charge is -2.37. The van der Waals surface area contributed by atoms with Crippen LogP contribution in [0.4, 0.5) is 0 Å². The Labute approximate surface area is 110 Å². The Bertz CT molecular complexity index is 339. The second-order valence-electron chi connectivity index (χ2n) is 4.94. The molecule has 4 nitrogen and oxygen atoms in total. The summed E-state index contributed by atoms with van der Waals surface area (Å²) in [5.74, 6) is 1.94. The molecular formula is C12H23ClN4. The Morgan fingerprint density at radius 2 is 2.29 bits per heavy atom. The van der Waals surface area contributed by atoms with Gasteiger partial charge in [-0.2, -0.15) is 0 Å². The summed E-state index contributed by atoms with van der Waals surface area (Å²) in [5.41, 5.74) is 5.85. The smallest absolute Gasteiger partial charge is 0.122 e. The monoisotopic (exact) mass is 258 g/mol. The number of piperidine rings is 1. The summed E-state index contributed by atoms with van der Waals surface area (Å²) in [4.78, 5) is 6.85. The summed E-state index contributed by atoms with van der Waals surface area (Å²) in [5, 5.41) is 0. The third-order valence-electron chi connectivity index (χ3n) is 3.64. The van der Waals surface area contributed by atoms with Crippen molar-refractivity contribution in [3.8, 4) is 0 Å². The number of aryl methyl sites for hydroxylation is 1. The van der Waals surface area contributed by atoms with Crippen LogP contribution in [0.5, 0.6) is 0 Å². The van der Waals surface area contributed by atoms with Crippen LogP contribution in [-0.4, -0.2) is 33.6 Å². The molecular weight excluding hydrogens is 236 g/mol. The van der Waals surface area contributed by atoms with Crippen LogP contribution in [0.1, 0.15) is 25.6 Å². The summed E-state index contributed by atoms with van der Waals surface area (Å²) in [7, 11) is 2.05. The Balaban J connectivity index is 0.00000144. The van der Waals surface area contributed by atoms with Crippen molar-refractivity contribution in [1.82, 2.24) is 14.5 Å².